The Kier molecular flexibility index (Phi) is 6.78. The Morgan fingerprint density at radius 3 is 2.43 bits per heavy atom. The van der Waals surface area contributed by atoms with E-state index in [1.54, 1.807) is 30.3 Å². The zero-order valence-corrected chi connectivity index (χ0v) is 12.8. The van der Waals surface area contributed by atoms with Gasteiger partial charge < -0.3 is 9.84 Å². The molecule has 0 spiro atoms. The fourth-order valence-electron chi connectivity index (χ4n) is 2.20. The lowest BCUT2D eigenvalue weighted by atomic mass is 9.91. The number of ether oxygens (including phenoxy) is 1. The van der Waals surface area contributed by atoms with Gasteiger partial charge in [-0.15, -0.1) is 6.58 Å². The quantitative estimate of drug-likeness (QED) is 0.568. The van der Waals surface area contributed by atoms with Gasteiger partial charge in [-0.05, 0) is 12.5 Å². The van der Waals surface area contributed by atoms with Crippen molar-refractivity contribution in [3.8, 4) is 0 Å². The van der Waals surface area contributed by atoms with E-state index < -0.39 is 36.8 Å². The molecule has 23 heavy (non-hydrogen) atoms. The molecule has 0 radical (unpaired) electrons. The maximum Gasteiger partial charge on any atom is 0.417 e. The van der Waals surface area contributed by atoms with Crippen molar-refractivity contribution in [2.45, 2.75) is 31.1 Å². The van der Waals surface area contributed by atoms with E-state index in [0.29, 0.717) is 5.56 Å². The zero-order valence-electron chi connectivity index (χ0n) is 12.8. The molecule has 1 rings (SSSR count). The normalized spacial score (nSPS) is 15.5. The third-order valence-electron chi connectivity index (χ3n) is 3.36. The SMILES string of the molecule is C=CC[C@@](N[C@@H](CO)c1ccccc1)(C(=O)OCC)C(F)(F)F. The summed E-state index contributed by atoms with van der Waals surface area (Å²) in [5.41, 5.74) is -2.54. The van der Waals surface area contributed by atoms with Gasteiger partial charge in [-0.2, -0.15) is 13.2 Å². The van der Waals surface area contributed by atoms with E-state index >= 15 is 0 Å². The summed E-state index contributed by atoms with van der Waals surface area (Å²) in [5, 5.41) is 11.7. The van der Waals surface area contributed by atoms with Crippen LogP contribution in [0.5, 0.6) is 0 Å². The molecule has 0 heterocycles. The third kappa shape index (κ3) is 4.33. The van der Waals surface area contributed by atoms with Gasteiger partial charge in [-0.3, -0.25) is 5.32 Å². The van der Waals surface area contributed by atoms with Gasteiger partial charge in [-0.1, -0.05) is 36.4 Å². The number of halogens is 3. The zero-order chi connectivity index (χ0) is 17.5. The number of benzene rings is 1. The number of rotatable bonds is 8. The molecule has 0 amide bonds. The summed E-state index contributed by atoms with van der Waals surface area (Å²) < 4.78 is 45.6. The topological polar surface area (TPSA) is 58.6 Å². The highest BCUT2D eigenvalue weighted by molar-refractivity contribution is 5.82. The molecule has 1 aromatic carbocycles. The van der Waals surface area contributed by atoms with Crippen molar-refractivity contribution in [2.75, 3.05) is 13.2 Å². The Bertz CT molecular complexity index is 519. The number of aliphatic hydroxyl groups excluding tert-OH is 1. The van der Waals surface area contributed by atoms with Crippen LogP contribution in [-0.4, -0.2) is 36.0 Å². The van der Waals surface area contributed by atoms with E-state index in [4.69, 9.17) is 0 Å². The van der Waals surface area contributed by atoms with Crippen LogP contribution in [0.25, 0.3) is 0 Å². The minimum absolute atomic E-state index is 0.190. The predicted molar refractivity (Wildman–Crippen MR) is 79.6 cm³/mol. The van der Waals surface area contributed by atoms with Gasteiger partial charge in [0.1, 0.15) is 0 Å². The smallest absolute Gasteiger partial charge is 0.417 e. The summed E-state index contributed by atoms with van der Waals surface area (Å²) in [7, 11) is 0. The number of hydrogen-bond acceptors (Lipinski definition) is 4. The number of nitrogens with one attached hydrogen (secondary N) is 1. The van der Waals surface area contributed by atoms with Crippen LogP contribution in [0.4, 0.5) is 13.2 Å². The standard InChI is InChI=1S/C16H20F3NO3/c1-3-10-15(16(17,18)19,14(22)23-4-2)20-13(11-21)12-8-6-5-7-9-12/h3,5-9,13,20-21H,1,4,10-11H2,2H3/t13-,15+/m0/s1. The Hall–Kier alpha value is -1.86. The number of hydrogen-bond donors (Lipinski definition) is 2. The van der Waals surface area contributed by atoms with Crippen LogP contribution < -0.4 is 5.32 Å². The van der Waals surface area contributed by atoms with Crippen molar-refractivity contribution >= 4 is 5.97 Å². The lowest BCUT2D eigenvalue weighted by Crippen LogP contribution is -2.63. The van der Waals surface area contributed by atoms with Crippen LogP contribution in [0.1, 0.15) is 24.9 Å². The highest BCUT2D eigenvalue weighted by atomic mass is 19.4. The molecule has 2 atom stereocenters. The van der Waals surface area contributed by atoms with Gasteiger partial charge in [0.15, 0.2) is 0 Å². The molecule has 1 aromatic rings. The van der Waals surface area contributed by atoms with Gasteiger partial charge in [-0.25, -0.2) is 4.79 Å². The van der Waals surface area contributed by atoms with Gasteiger partial charge in [0.05, 0.1) is 19.3 Å². The first-order valence-electron chi connectivity index (χ1n) is 7.10. The molecule has 0 aliphatic heterocycles. The van der Waals surface area contributed by atoms with E-state index in [9.17, 15) is 23.1 Å². The van der Waals surface area contributed by atoms with E-state index in [2.05, 4.69) is 16.6 Å². The Balaban J connectivity index is 3.27. The fourth-order valence-corrected chi connectivity index (χ4v) is 2.20. The Labute approximate surface area is 133 Å². The van der Waals surface area contributed by atoms with Crippen molar-refractivity contribution in [1.29, 1.82) is 0 Å². The van der Waals surface area contributed by atoms with Crippen LogP contribution in [0.15, 0.2) is 43.0 Å². The summed E-state index contributed by atoms with van der Waals surface area (Å²) in [6, 6.07) is 7.01. The fraction of sp³-hybridized carbons (Fsp3) is 0.438. The monoisotopic (exact) mass is 331 g/mol. The van der Waals surface area contributed by atoms with Gasteiger partial charge in [0.25, 0.3) is 0 Å². The van der Waals surface area contributed by atoms with Crippen LogP contribution in [0.2, 0.25) is 0 Å². The Morgan fingerprint density at radius 1 is 1.39 bits per heavy atom. The second-order valence-corrected chi connectivity index (χ2v) is 4.91. The highest BCUT2D eigenvalue weighted by Gasteiger charge is 2.61. The average Bonchev–Trinajstić information content (AvgIpc) is 2.51. The lowest BCUT2D eigenvalue weighted by molar-refractivity contribution is -0.215. The van der Waals surface area contributed by atoms with E-state index in [-0.39, 0.29) is 6.61 Å². The summed E-state index contributed by atoms with van der Waals surface area (Å²) in [6.07, 6.45) is -4.63. The van der Waals surface area contributed by atoms with Crippen LogP contribution in [0.3, 0.4) is 0 Å². The van der Waals surface area contributed by atoms with Crippen LogP contribution in [-0.2, 0) is 9.53 Å². The summed E-state index contributed by atoms with van der Waals surface area (Å²) in [5.74, 6) is -1.44. The minimum atomic E-state index is -4.92. The van der Waals surface area contributed by atoms with E-state index in [1.165, 1.54) is 6.92 Å². The molecule has 0 aromatic heterocycles. The summed E-state index contributed by atoms with van der Waals surface area (Å²) >= 11 is 0. The molecule has 0 saturated carbocycles. The summed E-state index contributed by atoms with van der Waals surface area (Å²) in [6.45, 7) is 3.92. The second kappa shape index (κ2) is 8.12. The minimum Gasteiger partial charge on any atom is -0.464 e. The van der Waals surface area contributed by atoms with Crippen LogP contribution >= 0.6 is 0 Å². The number of carbonyl (C=O) groups is 1. The third-order valence-corrected chi connectivity index (χ3v) is 3.36. The van der Waals surface area contributed by atoms with Crippen LogP contribution in [0, 0.1) is 0 Å². The molecule has 7 heteroatoms. The van der Waals surface area contributed by atoms with Crippen molar-refractivity contribution in [3.63, 3.8) is 0 Å². The van der Waals surface area contributed by atoms with E-state index in [1.807, 2.05) is 0 Å². The molecule has 2 N–H and O–H groups in total. The largest absolute Gasteiger partial charge is 0.464 e. The maximum absolute atomic E-state index is 13.7. The molecule has 0 unspecified atom stereocenters. The molecule has 0 fully saturated rings. The molecule has 4 nitrogen and oxygen atoms in total. The molecule has 0 saturated heterocycles. The Morgan fingerprint density at radius 2 is 2.00 bits per heavy atom. The second-order valence-electron chi connectivity index (χ2n) is 4.91. The first kappa shape index (κ1) is 19.2. The molecule has 0 aliphatic carbocycles. The predicted octanol–water partition coefficient (Wildman–Crippen LogP) is 2.75. The van der Waals surface area contributed by atoms with Crippen molar-refractivity contribution in [3.05, 3.63) is 48.6 Å². The number of esters is 1. The molecule has 0 aliphatic rings. The summed E-state index contributed by atoms with van der Waals surface area (Å²) in [4.78, 5) is 12.1. The average molecular weight is 331 g/mol. The number of carbonyl (C=O) groups excluding carboxylic acids is 1. The van der Waals surface area contributed by atoms with Gasteiger partial charge in [0.2, 0.25) is 5.54 Å². The maximum atomic E-state index is 13.7. The molecule has 128 valence electrons. The van der Waals surface area contributed by atoms with E-state index in [0.717, 1.165) is 6.08 Å². The first-order valence-corrected chi connectivity index (χ1v) is 7.10. The van der Waals surface area contributed by atoms with Gasteiger partial charge in [0, 0.05) is 6.42 Å². The molecular formula is C16H20F3NO3. The first-order chi connectivity index (χ1) is 10.8. The lowest BCUT2D eigenvalue weighted by Gasteiger charge is -2.36. The highest BCUT2D eigenvalue weighted by Crippen LogP contribution is 2.37. The molecule has 0 bridgehead atoms. The molecular weight excluding hydrogens is 311 g/mol. The van der Waals surface area contributed by atoms with Crippen molar-refractivity contribution in [2.24, 2.45) is 0 Å². The van der Waals surface area contributed by atoms with Crippen molar-refractivity contribution < 1.29 is 27.8 Å². The number of aliphatic hydroxyl groups is 1. The van der Waals surface area contributed by atoms with Gasteiger partial charge >= 0.3 is 12.1 Å². The van der Waals surface area contributed by atoms with Crippen molar-refractivity contribution in [1.82, 2.24) is 5.32 Å². The number of alkyl halides is 3.